The van der Waals surface area contributed by atoms with Crippen LogP contribution < -0.4 is 5.32 Å². The summed E-state index contributed by atoms with van der Waals surface area (Å²) >= 11 is 9.24. The third-order valence-electron chi connectivity index (χ3n) is 3.15. The molecule has 1 aromatic carbocycles. The van der Waals surface area contributed by atoms with Crippen molar-refractivity contribution in [3.8, 4) is 0 Å². The summed E-state index contributed by atoms with van der Waals surface area (Å²) in [7, 11) is 0. The Morgan fingerprint density at radius 1 is 1.45 bits per heavy atom. The van der Waals surface area contributed by atoms with Crippen molar-refractivity contribution < 1.29 is 0 Å². The lowest BCUT2D eigenvalue weighted by molar-refractivity contribution is 0.680. The third-order valence-corrected chi connectivity index (χ3v) is 5.27. The van der Waals surface area contributed by atoms with Crippen molar-refractivity contribution in [1.29, 1.82) is 0 Å². The smallest absolute Gasteiger partial charge is 0.174 e. The van der Waals surface area contributed by atoms with Gasteiger partial charge in [-0.05, 0) is 42.1 Å². The van der Waals surface area contributed by atoms with Crippen molar-refractivity contribution in [2.45, 2.75) is 48.0 Å². The molecule has 1 N–H and O–H groups in total. The highest BCUT2D eigenvalue weighted by Crippen LogP contribution is 2.34. The number of rotatable bonds is 6. The average Bonchev–Trinajstić information content (AvgIpc) is 3.16. The molecule has 0 amide bonds. The molecule has 0 unspecified atom stereocenters. The summed E-state index contributed by atoms with van der Waals surface area (Å²) in [5.74, 6) is 0.914. The molecule has 0 saturated heterocycles. The number of benzene rings is 1. The first kappa shape index (κ1) is 14.3. The average molecular weight is 326 g/mol. The quantitative estimate of drug-likeness (QED) is 0.865. The van der Waals surface area contributed by atoms with Crippen LogP contribution >= 0.6 is 34.9 Å². The van der Waals surface area contributed by atoms with Gasteiger partial charge in [-0.15, -0.1) is 0 Å². The van der Waals surface area contributed by atoms with Gasteiger partial charge in [0.25, 0.3) is 0 Å². The summed E-state index contributed by atoms with van der Waals surface area (Å²) < 4.78 is 5.31. The minimum Gasteiger partial charge on any atom is -0.310 e. The van der Waals surface area contributed by atoms with Crippen molar-refractivity contribution >= 4 is 34.9 Å². The molecule has 3 nitrogen and oxygen atoms in total. The highest BCUT2D eigenvalue weighted by molar-refractivity contribution is 8.01. The number of aryl methyl sites for hydroxylation is 1. The van der Waals surface area contributed by atoms with E-state index < -0.39 is 0 Å². The van der Waals surface area contributed by atoms with Gasteiger partial charge in [-0.1, -0.05) is 36.4 Å². The molecule has 1 saturated carbocycles. The minimum atomic E-state index is 0.705. The predicted octanol–water partition coefficient (Wildman–Crippen LogP) is 4.16. The van der Waals surface area contributed by atoms with Crippen LogP contribution in [-0.2, 0) is 13.0 Å². The lowest BCUT2D eigenvalue weighted by atomic mass is 10.2. The molecule has 0 atom stereocenters. The molecule has 1 aliphatic carbocycles. The van der Waals surface area contributed by atoms with Gasteiger partial charge in [0.1, 0.15) is 5.82 Å². The Kier molecular flexibility index (Phi) is 4.61. The topological polar surface area (TPSA) is 37.8 Å². The van der Waals surface area contributed by atoms with Gasteiger partial charge < -0.3 is 5.32 Å². The van der Waals surface area contributed by atoms with Gasteiger partial charge in [-0.25, -0.2) is 4.98 Å². The van der Waals surface area contributed by atoms with E-state index in [0.717, 1.165) is 28.2 Å². The molecule has 6 heteroatoms. The molecule has 0 radical (unpaired) electrons. The zero-order chi connectivity index (χ0) is 13.9. The molecule has 1 aromatic heterocycles. The second kappa shape index (κ2) is 6.43. The van der Waals surface area contributed by atoms with Crippen LogP contribution in [0.3, 0.4) is 0 Å². The van der Waals surface area contributed by atoms with Crippen LogP contribution in [0.5, 0.6) is 0 Å². The number of nitrogens with zero attached hydrogens (tertiary/aromatic N) is 2. The van der Waals surface area contributed by atoms with E-state index in [2.05, 4.69) is 27.7 Å². The molecule has 1 heterocycles. The number of hydrogen-bond donors (Lipinski definition) is 1. The van der Waals surface area contributed by atoms with Crippen molar-refractivity contribution in [2.24, 2.45) is 0 Å². The molecule has 2 aromatic rings. The fraction of sp³-hybridized carbons (Fsp3) is 0.429. The number of halogens is 1. The van der Waals surface area contributed by atoms with E-state index in [4.69, 9.17) is 11.6 Å². The van der Waals surface area contributed by atoms with E-state index in [0.29, 0.717) is 6.04 Å². The van der Waals surface area contributed by atoms with E-state index in [1.807, 2.05) is 12.1 Å². The Bertz CT molecular complexity index is 596. The lowest BCUT2D eigenvalue weighted by Crippen LogP contribution is -2.15. The standard InChI is InChI=1S/C14H16ClN3S2/c1-2-13-17-14(20-18-13)19-12-7-10(15)4-3-9(12)8-16-11-5-6-11/h3-4,7,11,16H,2,5-6,8H2,1H3. The summed E-state index contributed by atoms with van der Waals surface area (Å²) in [5, 5.41) is 4.31. The molecule has 1 fully saturated rings. The number of hydrogen-bond acceptors (Lipinski definition) is 5. The summed E-state index contributed by atoms with van der Waals surface area (Å²) in [5.41, 5.74) is 1.28. The summed E-state index contributed by atoms with van der Waals surface area (Å²) in [4.78, 5) is 5.68. The first-order valence-corrected chi connectivity index (χ1v) is 8.73. The van der Waals surface area contributed by atoms with E-state index in [1.165, 1.54) is 34.8 Å². The SMILES string of the molecule is CCc1nsc(Sc2cc(Cl)ccc2CNC2CC2)n1. The van der Waals surface area contributed by atoms with Crippen LogP contribution in [-0.4, -0.2) is 15.4 Å². The van der Waals surface area contributed by atoms with Crippen LogP contribution in [0, 0.1) is 0 Å². The zero-order valence-electron chi connectivity index (χ0n) is 11.2. The van der Waals surface area contributed by atoms with Gasteiger partial charge in [0, 0.05) is 28.9 Å². The van der Waals surface area contributed by atoms with Gasteiger partial charge >= 0.3 is 0 Å². The molecular weight excluding hydrogens is 310 g/mol. The largest absolute Gasteiger partial charge is 0.310 e. The molecule has 3 rings (SSSR count). The van der Waals surface area contributed by atoms with Crippen molar-refractivity contribution in [3.05, 3.63) is 34.6 Å². The summed E-state index contributed by atoms with van der Waals surface area (Å²) in [6, 6.07) is 6.77. The fourth-order valence-electron chi connectivity index (χ4n) is 1.83. The first-order chi connectivity index (χ1) is 9.74. The third kappa shape index (κ3) is 3.73. The first-order valence-electron chi connectivity index (χ1n) is 6.77. The number of nitrogens with one attached hydrogen (secondary N) is 1. The molecule has 0 spiro atoms. The maximum Gasteiger partial charge on any atom is 0.174 e. The van der Waals surface area contributed by atoms with E-state index in [-0.39, 0.29) is 0 Å². The van der Waals surface area contributed by atoms with Crippen LogP contribution in [0.15, 0.2) is 27.4 Å². The van der Waals surface area contributed by atoms with Gasteiger partial charge in [0.05, 0.1) is 0 Å². The summed E-state index contributed by atoms with van der Waals surface area (Å²) in [6.07, 6.45) is 3.47. The molecular formula is C14H16ClN3S2. The Morgan fingerprint density at radius 3 is 3.00 bits per heavy atom. The van der Waals surface area contributed by atoms with Crippen molar-refractivity contribution in [3.63, 3.8) is 0 Å². The Labute approximate surface area is 132 Å². The van der Waals surface area contributed by atoms with Crippen molar-refractivity contribution in [2.75, 3.05) is 0 Å². The van der Waals surface area contributed by atoms with Gasteiger partial charge in [-0.3, -0.25) is 0 Å². The van der Waals surface area contributed by atoms with Crippen LogP contribution in [0.1, 0.15) is 31.2 Å². The maximum absolute atomic E-state index is 6.12. The zero-order valence-corrected chi connectivity index (χ0v) is 13.6. The lowest BCUT2D eigenvalue weighted by Gasteiger charge is -2.09. The summed E-state index contributed by atoms with van der Waals surface area (Å²) in [6.45, 7) is 2.96. The van der Waals surface area contributed by atoms with E-state index >= 15 is 0 Å². The van der Waals surface area contributed by atoms with E-state index in [9.17, 15) is 0 Å². The van der Waals surface area contributed by atoms with Crippen molar-refractivity contribution in [1.82, 2.24) is 14.7 Å². The highest BCUT2D eigenvalue weighted by atomic mass is 35.5. The highest BCUT2D eigenvalue weighted by Gasteiger charge is 2.20. The molecule has 20 heavy (non-hydrogen) atoms. The molecule has 0 aliphatic heterocycles. The minimum absolute atomic E-state index is 0.705. The van der Waals surface area contributed by atoms with Gasteiger partial charge in [-0.2, -0.15) is 4.37 Å². The second-order valence-corrected chi connectivity index (χ2v) is 7.32. The van der Waals surface area contributed by atoms with Crippen LogP contribution in [0.4, 0.5) is 0 Å². The Morgan fingerprint density at radius 2 is 2.30 bits per heavy atom. The molecule has 106 valence electrons. The second-order valence-electron chi connectivity index (χ2n) is 4.84. The van der Waals surface area contributed by atoms with Crippen LogP contribution in [0.2, 0.25) is 5.02 Å². The Hall–Kier alpha value is -0.620. The van der Waals surface area contributed by atoms with Gasteiger partial charge in [0.15, 0.2) is 4.34 Å². The normalized spacial score (nSPS) is 14.7. The Balaban J connectivity index is 1.76. The molecule has 1 aliphatic rings. The number of aromatic nitrogens is 2. The molecule has 0 bridgehead atoms. The van der Waals surface area contributed by atoms with E-state index in [1.54, 1.807) is 11.8 Å². The van der Waals surface area contributed by atoms with Gasteiger partial charge in [0.2, 0.25) is 0 Å². The van der Waals surface area contributed by atoms with Crippen LogP contribution in [0.25, 0.3) is 0 Å². The fourth-order valence-corrected chi connectivity index (χ4v) is 3.89. The maximum atomic E-state index is 6.12. The predicted molar refractivity (Wildman–Crippen MR) is 84.7 cm³/mol. The monoisotopic (exact) mass is 325 g/mol.